The molecule has 3 rings (SSSR count). The molecule has 1 unspecified atom stereocenters. The molecule has 2 heterocycles. The van der Waals surface area contributed by atoms with Crippen LogP contribution in [-0.2, 0) is 11.2 Å². The number of methoxy groups -OCH3 is 1. The van der Waals surface area contributed by atoms with Gasteiger partial charge in [0, 0.05) is 17.2 Å². The lowest BCUT2D eigenvalue weighted by atomic mass is 9.71. The fourth-order valence-corrected chi connectivity index (χ4v) is 3.62. The topological polar surface area (TPSA) is 79.7 Å². The van der Waals surface area contributed by atoms with Crippen molar-refractivity contribution in [2.45, 2.75) is 26.3 Å². The maximum Gasteiger partial charge on any atom is 0.407 e. The maximum atomic E-state index is 13.2. The Bertz CT molecular complexity index is 889. The zero-order valence-corrected chi connectivity index (χ0v) is 16.3. The number of carbonyl (C=O) groups is 2. The summed E-state index contributed by atoms with van der Waals surface area (Å²) in [6.45, 7) is 3.67. The van der Waals surface area contributed by atoms with Crippen molar-refractivity contribution in [3.8, 4) is 5.75 Å². The number of carboxylic acid groups (broad SMARTS) is 1. The summed E-state index contributed by atoms with van der Waals surface area (Å²) in [5.74, 6) is 0.688. The normalized spacial score (nSPS) is 20.2. The summed E-state index contributed by atoms with van der Waals surface area (Å²) in [7, 11) is 1.60. The van der Waals surface area contributed by atoms with Gasteiger partial charge in [-0.25, -0.2) is 4.79 Å². The summed E-state index contributed by atoms with van der Waals surface area (Å²) in [6.07, 6.45) is 2.74. The van der Waals surface area contributed by atoms with Crippen LogP contribution in [0.2, 0.25) is 0 Å². The lowest BCUT2D eigenvalue weighted by Gasteiger charge is -2.45. The van der Waals surface area contributed by atoms with Crippen molar-refractivity contribution in [2.75, 3.05) is 13.7 Å². The van der Waals surface area contributed by atoms with Gasteiger partial charge in [-0.1, -0.05) is 32.0 Å². The first-order valence-corrected chi connectivity index (χ1v) is 9.12. The molecule has 0 bridgehead atoms. The van der Waals surface area contributed by atoms with Gasteiger partial charge >= 0.3 is 6.09 Å². The highest BCUT2D eigenvalue weighted by Gasteiger charge is 2.47. The smallest absolute Gasteiger partial charge is 0.407 e. The molecule has 1 aliphatic heterocycles. The number of nitrogens with zero attached hydrogens (tertiary/aromatic N) is 2. The van der Waals surface area contributed by atoms with Crippen molar-refractivity contribution in [2.24, 2.45) is 5.41 Å². The Morgan fingerprint density at radius 1 is 1.29 bits per heavy atom. The summed E-state index contributed by atoms with van der Waals surface area (Å²) in [5.41, 5.74) is 1.18. The van der Waals surface area contributed by atoms with E-state index in [1.165, 1.54) is 4.90 Å². The molecule has 1 aromatic carbocycles. The summed E-state index contributed by atoms with van der Waals surface area (Å²) in [6, 6.07) is 12.4. The number of carbonyl (C=O) groups excluding carboxylic acids is 1. The maximum absolute atomic E-state index is 13.2. The van der Waals surface area contributed by atoms with Crippen LogP contribution in [0.1, 0.15) is 25.1 Å². The van der Waals surface area contributed by atoms with Gasteiger partial charge < -0.3 is 9.84 Å². The van der Waals surface area contributed by atoms with Crippen molar-refractivity contribution < 1.29 is 19.4 Å². The molecule has 2 aromatic rings. The van der Waals surface area contributed by atoms with Gasteiger partial charge in [-0.15, -0.1) is 0 Å². The first-order chi connectivity index (χ1) is 13.3. The number of piperidine rings is 1. The third-order valence-electron chi connectivity index (χ3n) is 5.27. The third-order valence-corrected chi connectivity index (χ3v) is 5.27. The second-order valence-electron chi connectivity index (χ2n) is 7.45. The largest absolute Gasteiger partial charge is 0.497 e. The van der Waals surface area contributed by atoms with Crippen LogP contribution < -0.4 is 4.74 Å². The van der Waals surface area contributed by atoms with Gasteiger partial charge in [-0.2, -0.15) is 0 Å². The Kier molecular flexibility index (Phi) is 5.49. The van der Waals surface area contributed by atoms with Crippen molar-refractivity contribution in [3.05, 3.63) is 65.5 Å². The fourth-order valence-electron chi connectivity index (χ4n) is 3.62. The molecular weight excluding hydrogens is 356 g/mol. The highest BCUT2D eigenvalue weighted by atomic mass is 16.5. The van der Waals surface area contributed by atoms with Gasteiger partial charge in [0.25, 0.3) is 0 Å². The molecule has 6 nitrogen and oxygen atoms in total. The van der Waals surface area contributed by atoms with Gasteiger partial charge in [0.2, 0.25) is 0 Å². The fraction of sp³-hybridized carbons (Fsp3) is 0.318. The Balaban J connectivity index is 1.93. The van der Waals surface area contributed by atoms with Crippen LogP contribution in [0, 0.1) is 5.41 Å². The molecule has 1 aromatic heterocycles. The van der Waals surface area contributed by atoms with Crippen molar-refractivity contribution in [1.82, 2.24) is 9.88 Å². The Morgan fingerprint density at radius 2 is 2.00 bits per heavy atom. The number of ketones is 1. The highest BCUT2D eigenvalue weighted by Crippen LogP contribution is 2.37. The number of ether oxygens (including phenoxy) is 1. The Labute approximate surface area is 164 Å². The number of aromatic nitrogens is 1. The molecule has 0 saturated carbocycles. The molecule has 0 radical (unpaired) electrons. The molecule has 1 saturated heterocycles. The molecular formula is C22H24N2O4. The SMILES string of the molecule is COc1ccc(CC2N(C(=O)O)C/C(=C/c3ccccn3)C(=O)C2(C)C)cc1. The van der Waals surface area contributed by atoms with Crippen LogP contribution in [0.4, 0.5) is 4.79 Å². The molecule has 146 valence electrons. The number of likely N-dealkylation sites (tertiary alicyclic amines) is 1. The van der Waals surface area contributed by atoms with E-state index in [1.54, 1.807) is 31.5 Å². The number of rotatable bonds is 4. The summed E-state index contributed by atoms with van der Waals surface area (Å²) in [4.78, 5) is 30.8. The van der Waals surface area contributed by atoms with Gasteiger partial charge in [-0.3, -0.25) is 14.7 Å². The minimum atomic E-state index is -1.04. The van der Waals surface area contributed by atoms with Crippen LogP contribution in [-0.4, -0.2) is 46.6 Å². The van der Waals surface area contributed by atoms with Crippen LogP contribution in [0.3, 0.4) is 0 Å². The van der Waals surface area contributed by atoms with Crippen LogP contribution in [0.25, 0.3) is 6.08 Å². The predicted octanol–water partition coefficient (Wildman–Crippen LogP) is 3.67. The second-order valence-corrected chi connectivity index (χ2v) is 7.45. The van der Waals surface area contributed by atoms with Gasteiger partial charge in [0.1, 0.15) is 5.75 Å². The lowest BCUT2D eigenvalue weighted by molar-refractivity contribution is -0.129. The Hall–Kier alpha value is -3.15. The first kappa shape index (κ1) is 19.6. The number of amides is 1. The van der Waals surface area contributed by atoms with Crippen molar-refractivity contribution >= 4 is 18.0 Å². The number of Topliss-reactive ketones (excluding diaryl/α,β-unsaturated/α-hetero) is 1. The monoisotopic (exact) mass is 380 g/mol. The van der Waals surface area contributed by atoms with Gasteiger partial charge in [0.15, 0.2) is 5.78 Å². The lowest BCUT2D eigenvalue weighted by Crippen LogP contribution is -2.58. The zero-order chi connectivity index (χ0) is 20.3. The summed E-state index contributed by atoms with van der Waals surface area (Å²) >= 11 is 0. The third kappa shape index (κ3) is 3.91. The standard InChI is InChI=1S/C22H24N2O4/c1-22(2)19(12-15-7-9-18(28-3)10-8-15)24(21(26)27)14-16(20(22)25)13-17-6-4-5-11-23-17/h4-11,13,19H,12,14H2,1-3H3,(H,26,27)/b16-13-. The predicted molar refractivity (Wildman–Crippen MR) is 106 cm³/mol. The van der Waals surface area contributed by atoms with Gasteiger partial charge in [0.05, 0.1) is 25.4 Å². The minimum absolute atomic E-state index is 0.0471. The van der Waals surface area contributed by atoms with Crippen LogP contribution in [0.5, 0.6) is 5.75 Å². The highest BCUT2D eigenvalue weighted by molar-refractivity contribution is 6.05. The Morgan fingerprint density at radius 3 is 2.57 bits per heavy atom. The van der Waals surface area contributed by atoms with Crippen molar-refractivity contribution in [3.63, 3.8) is 0 Å². The van der Waals surface area contributed by atoms with E-state index >= 15 is 0 Å². The minimum Gasteiger partial charge on any atom is -0.497 e. The van der Waals surface area contributed by atoms with Crippen molar-refractivity contribution in [1.29, 1.82) is 0 Å². The first-order valence-electron chi connectivity index (χ1n) is 9.12. The van der Waals surface area contributed by atoms with Gasteiger partial charge in [-0.05, 0) is 42.3 Å². The molecule has 1 fully saturated rings. The molecule has 28 heavy (non-hydrogen) atoms. The summed E-state index contributed by atoms with van der Waals surface area (Å²) < 4.78 is 5.18. The average Bonchev–Trinajstić information content (AvgIpc) is 2.69. The van der Waals surface area contributed by atoms with Crippen LogP contribution in [0.15, 0.2) is 54.2 Å². The second kappa shape index (κ2) is 7.84. The van der Waals surface area contributed by atoms with E-state index < -0.39 is 17.6 Å². The van der Waals surface area contributed by atoms with E-state index in [0.717, 1.165) is 11.3 Å². The zero-order valence-electron chi connectivity index (χ0n) is 16.3. The number of hydrogen-bond acceptors (Lipinski definition) is 4. The molecule has 6 heteroatoms. The molecule has 0 aliphatic carbocycles. The van der Waals surface area contributed by atoms with E-state index in [1.807, 2.05) is 44.2 Å². The molecule has 1 amide bonds. The number of benzene rings is 1. The van der Waals surface area contributed by atoms with E-state index in [2.05, 4.69) is 4.98 Å². The van der Waals surface area contributed by atoms with E-state index in [-0.39, 0.29) is 12.3 Å². The number of hydrogen-bond donors (Lipinski definition) is 1. The molecule has 0 spiro atoms. The molecule has 1 N–H and O–H groups in total. The average molecular weight is 380 g/mol. The van der Waals surface area contributed by atoms with E-state index in [9.17, 15) is 14.7 Å². The molecule has 1 atom stereocenters. The summed E-state index contributed by atoms with van der Waals surface area (Å²) in [5, 5.41) is 9.82. The quantitative estimate of drug-likeness (QED) is 0.819. The van der Waals surface area contributed by atoms with E-state index in [0.29, 0.717) is 17.7 Å². The van der Waals surface area contributed by atoms with Crippen LogP contribution >= 0.6 is 0 Å². The number of pyridine rings is 1. The van der Waals surface area contributed by atoms with E-state index in [4.69, 9.17) is 4.74 Å². The molecule has 1 aliphatic rings.